The van der Waals surface area contributed by atoms with Gasteiger partial charge in [0.05, 0.1) is 0 Å². The van der Waals surface area contributed by atoms with Crippen LogP contribution in [0.1, 0.15) is 23.1 Å². The zero-order valence-corrected chi connectivity index (χ0v) is 13.5. The SMILES string of the molecule is Cc1ccc(Cn2cc(C3=CCNCC3)c3ccccc32)cc1. The summed E-state index contributed by atoms with van der Waals surface area (Å²) in [7, 11) is 0. The molecule has 0 radical (unpaired) electrons. The number of nitrogens with zero attached hydrogens (tertiary/aromatic N) is 1. The maximum atomic E-state index is 3.40. The van der Waals surface area contributed by atoms with E-state index in [2.05, 4.69) is 77.6 Å². The number of hydrogen-bond acceptors (Lipinski definition) is 1. The second kappa shape index (κ2) is 6.05. The first kappa shape index (κ1) is 14.3. The molecule has 2 aromatic carbocycles. The fraction of sp³-hybridized carbons (Fsp3) is 0.238. The van der Waals surface area contributed by atoms with Gasteiger partial charge in [-0.05, 0) is 37.1 Å². The lowest BCUT2D eigenvalue weighted by atomic mass is 10.00. The molecular formula is C21H22N2. The molecule has 2 nitrogen and oxygen atoms in total. The quantitative estimate of drug-likeness (QED) is 0.760. The van der Waals surface area contributed by atoms with Crippen molar-refractivity contribution < 1.29 is 0 Å². The third-order valence-corrected chi connectivity index (χ3v) is 4.67. The van der Waals surface area contributed by atoms with Gasteiger partial charge in [-0.15, -0.1) is 0 Å². The molecule has 3 aromatic rings. The van der Waals surface area contributed by atoms with Gasteiger partial charge < -0.3 is 9.88 Å². The Morgan fingerprint density at radius 1 is 1.04 bits per heavy atom. The van der Waals surface area contributed by atoms with Crippen LogP contribution in [0.2, 0.25) is 0 Å². The van der Waals surface area contributed by atoms with Crippen LogP contribution < -0.4 is 5.32 Å². The smallest absolute Gasteiger partial charge is 0.0489 e. The van der Waals surface area contributed by atoms with Gasteiger partial charge in [0.1, 0.15) is 0 Å². The number of benzene rings is 2. The summed E-state index contributed by atoms with van der Waals surface area (Å²) in [6.45, 7) is 5.11. The molecule has 0 fully saturated rings. The van der Waals surface area contributed by atoms with Crippen molar-refractivity contribution in [3.8, 4) is 0 Å². The first-order chi connectivity index (χ1) is 11.3. The van der Waals surface area contributed by atoms with Gasteiger partial charge in [-0.3, -0.25) is 0 Å². The molecule has 0 unspecified atom stereocenters. The van der Waals surface area contributed by atoms with Gasteiger partial charge >= 0.3 is 0 Å². The highest BCUT2D eigenvalue weighted by atomic mass is 15.0. The second-order valence-electron chi connectivity index (χ2n) is 6.36. The third-order valence-electron chi connectivity index (χ3n) is 4.67. The number of fused-ring (bicyclic) bond motifs is 1. The van der Waals surface area contributed by atoms with Crippen molar-refractivity contribution in [1.82, 2.24) is 9.88 Å². The van der Waals surface area contributed by atoms with Crippen molar-refractivity contribution in [2.45, 2.75) is 19.9 Å². The Morgan fingerprint density at radius 2 is 1.87 bits per heavy atom. The maximum Gasteiger partial charge on any atom is 0.0489 e. The second-order valence-corrected chi connectivity index (χ2v) is 6.36. The van der Waals surface area contributed by atoms with Crippen molar-refractivity contribution in [2.75, 3.05) is 13.1 Å². The van der Waals surface area contributed by atoms with E-state index < -0.39 is 0 Å². The Kier molecular flexibility index (Phi) is 3.76. The van der Waals surface area contributed by atoms with Crippen LogP contribution in [0, 0.1) is 6.92 Å². The van der Waals surface area contributed by atoms with E-state index in [1.807, 2.05) is 0 Å². The fourth-order valence-corrected chi connectivity index (χ4v) is 3.39. The lowest BCUT2D eigenvalue weighted by Crippen LogP contribution is -2.19. The molecule has 1 aliphatic rings. The van der Waals surface area contributed by atoms with Crippen molar-refractivity contribution in [2.24, 2.45) is 0 Å². The van der Waals surface area contributed by atoms with Gasteiger partial charge in [0, 0.05) is 35.8 Å². The molecule has 0 atom stereocenters. The van der Waals surface area contributed by atoms with Crippen LogP contribution in [-0.2, 0) is 6.54 Å². The molecule has 0 amide bonds. The standard InChI is InChI=1S/C21H22N2/c1-16-6-8-17(9-7-16)14-23-15-20(18-10-12-22-13-11-18)19-4-2-3-5-21(19)23/h2-10,15,22H,11-14H2,1H3. The normalized spacial score (nSPS) is 14.9. The van der Waals surface area contributed by atoms with Gasteiger partial charge in [0.25, 0.3) is 0 Å². The average Bonchev–Trinajstić information content (AvgIpc) is 2.97. The van der Waals surface area contributed by atoms with Crippen molar-refractivity contribution >= 4 is 16.5 Å². The minimum atomic E-state index is 0.923. The van der Waals surface area contributed by atoms with Gasteiger partial charge in [-0.25, -0.2) is 0 Å². The number of aromatic nitrogens is 1. The average molecular weight is 302 g/mol. The summed E-state index contributed by atoms with van der Waals surface area (Å²) in [6, 6.07) is 17.6. The summed E-state index contributed by atoms with van der Waals surface area (Å²) in [6.07, 6.45) is 5.78. The molecule has 0 bridgehead atoms. The molecule has 2 heteroatoms. The zero-order valence-electron chi connectivity index (χ0n) is 13.5. The number of aryl methyl sites for hydroxylation is 1. The molecule has 1 N–H and O–H groups in total. The number of rotatable bonds is 3. The summed E-state index contributed by atoms with van der Waals surface area (Å²) in [5, 5.41) is 4.77. The van der Waals surface area contributed by atoms with E-state index in [1.54, 1.807) is 0 Å². The highest BCUT2D eigenvalue weighted by Crippen LogP contribution is 2.30. The highest BCUT2D eigenvalue weighted by Gasteiger charge is 2.13. The maximum absolute atomic E-state index is 3.40. The predicted octanol–water partition coefficient (Wildman–Crippen LogP) is 4.37. The minimum absolute atomic E-state index is 0.923. The van der Waals surface area contributed by atoms with E-state index in [4.69, 9.17) is 0 Å². The van der Waals surface area contributed by atoms with Crippen LogP contribution in [0.3, 0.4) is 0 Å². The van der Waals surface area contributed by atoms with Crippen LogP contribution in [0.4, 0.5) is 0 Å². The molecule has 116 valence electrons. The molecular weight excluding hydrogens is 280 g/mol. The van der Waals surface area contributed by atoms with E-state index in [-0.39, 0.29) is 0 Å². The Hall–Kier alpha value is -2.32. The molecule has 23 heavy (non-hydrogen) atoms. The monoisotopic (exact) mass is 302 g/mol. The Morgan fingerprint density at radius 3 is 2.65 bits per heavy atom. The van der Waals surface area contributed by atoms with Crippen molar-refractivity contribution in [3.05, 3.63) is 77.5 Å². The van der Waals surface area contributed by atoms with E-state index in [0.29, 0.717) is 0 Å². The van der Waals surface area contributed by atoms with Gasteiger partial charge in [0.2, 0.25) is 0 Å². The number of hydrogen-bond donors (Lipinski definition) is 1. The van der Waals surface area contributed by atoms with Crippen LogP contribution in [0.25, 0.3) is 16.5 Å². The largest absolute Gasteiger partial charge is 0.342 e. The van der Waals surface area contributed by atoms with Crippen LogP contribution in [0.5, 0.6) is 0 Å². The highest BCUT2D eigenvalue weighted by molar-refractivity contribution is 5.93. The summed E-state index contributed by atoms with van der Waals surface area (Å²) in [5.41, 5.74) is 6.85. The van der Waals surface area contributed by atoms with E-state index in [9.17, 15) is 0 Å². The van der Waals surface area contributed by atoms with Gasteiger partial charge in [-0.2, -0.15) is 0 Å². The summed E-state index contributed by atoms with van der Waals surface area (Å²) in [4.78, 5) is 0. The van der Waals surface area contributed by atoms with Crippen LogP contribution in [0.15, 0.2) is 60.8 Å². The molecule has 4 rings (SSSR count). The van der Waals surface area contributed by atoms with Gasteiger partial charge in [-0.1, -0.05) is 54.1 Å². The van der Waals surface area contributed by atoms with Crippen LogP contribution in [-0.4, -0.2) is 17.7 Å². The first-order valence-electron chi connectivity index (χ1n) is 8.35. The molecule has 1 aliphatic heterocycles. The lowest BCUT2D eigenvalue weighted by molar-refractivity contribution is 0.738. The van der Waals surface area contributed by atoms with Gasteiger partial charge in [0.15, 0.2) is 0 Å². The molecule has 0 spiro atoms. The Balaban J connectivity index is 1.77. The molecule has 0 aliphatic carbocycles. The molecule has 1 aromatic heterocycles. The first-order valence-corrected chi connectivity index (χ1v) is 8.35. The van der Waals surface area contributed by atoms with E-state index in [0.717, 1.165) is 26.1 Å². The van der Waals surface area contributed by atoms with Crippen LogP contribution >= 0.6 is 0 Å². The molecule has 0 saturated heterocycles. The Bertz CT molecular complexity index is 853. The van der Waals surface area contributed by atoms with E-state index >= 15 is 0 Å². The third kappa shape index (κ3) is 2.82. The fourth-order valence-electron chi connectivity index (χ4n) is 3.39. The topological polar surface area (TPSA) is 17.0 Å². The Labute approximate surface area is 137 Å². The van der Waals surface area contributed by atoms with E-state index in [1.165, 1.54) is 33.2 Å². The summed E-state index contributed by atoms with van der Waals surface area (Å²) < 4.78 is 2.39. The molecule has 0 saturated carbocycles. The minimum Gasteiger partial charge on any atom is -0.342 e. The summed E-state index contributed by atoms with van der Waals surface area (Å²) in [5.74, 6) is 0. The number of para-hydroxylation sites is 1. The predicted molar refractivity (Wildman–Crippen MR) is 97.7 cm³/mol. The van der Waals surface area contributed by atoms with Crippen molar-refractivity contribution in [3.63, 3.8) is 0 Å². The zero-order chi connectivity index (χ0) is 15.6. The number of nitrogens with one attached hydrogen (secondary N) is 1. The molecule has 2 heterocycles. The lowest BCUT2D eigenvalue weighted by Gasteiger charge is -2.13. The summed E-state index contributed by atoms with van der Waals surface area (Å²) >= 11 is 0. The van der Waals surface area contributed by atoms with Crippen molar-refractivity contribution in [1.29, 1.82) is 0 Å².